The van der Waals surface area contributed by atoms with Gasteiger partial charge in [0, 0.05) is 16.1 Å². The van der Waals surface area contributed by atoms with Crippen LogP contribution < -0.4 is 0 Å². The molecule has 0 aliphatic rings. The van der Waals surface area contributed by atoms with Crippen molar-refractivity contribution in [1.29, 1.82) is 0 Å². The maximum Gasteiger partial charge on any atom is 0.0247 e. The molecule has 0 spiro atoms. The molecule has 2 heteroatoms. The lowest BCUT2D eigenvalue weighted by atomic mass is 9.96. The molecule has 12 heavy (non-hydrogen) atoms. The molecule has 0 radical (unpaired) electrons. The summed E-state index contributed by atoms with van der Waals surface area (Å²) >= 11 is 6.01. The van der Waals surface area contributed by atoms with Crippen LogP contribution >= 0.6 is 11.6 Å². The van der Waals surface area contributed by atoms with Gasteiger partial charge in [0.15, 0.2) is 0 Å². The predicted octanol–water partition coefficient (Wildman–Crippen LogP) is 3.13. The molecule has 0 bridgehead atoms. The Kier molecular flexibility index (Phi) is 7.26. The van der Waals surface area contributed by atoms with Gasteiger partial charge in [0.05, 0.1) is 0 Å². The summed E-state index contributed by atoms with van der Waals surface area (Å²) in [5.74, 6) is 0.888. The Hall–Kier alpha value is 0.507. The van der Waals surface area contributed by atoms with Crippen molar-refractivity contribution < 1.29 is 0 Å². The molecule has 0 rings (SSSR count). The quantitative estimate of drug-likeness (QED) is 0.444. The minimum atomic E-state index is 0.549. The topological polar surface area (TPSA) is 0 Å². The molecule has 0 amide bonds. The van der Waals surface area contributed by atoms with E-state index in [1.54, 1.807) is 0 Å². The van der Waals surface area contributed by atoms with Gasteiger partial charge >= 0.3 is 0 Å². The molecule has 0 heterocycles. The van der Waals surface area contributed by atoms with Gasteiger partial charge < -0.3 is 0 Å². The predicted molar refractivity (Wildman–Crippen MR) is 62.4 cm³/mol. The monoisotopic (exact) mass is 206 g/mol. The van der Waals surface area contributed by atoms with Gasteiger partial charge in [-0.2, -0.15) is 0 Å². The van der Waals surface area contributed by atoms with Crippen LogP contribution in [0.4, 0.5) is 0 Å². The van der Waals surface area contributed by atoms with Crippen LogP contribution in [-0.2, 0) is 0 Å². The molecular formula is C10H23ClSi. The van der Waals surface area contributed by atoms with E-state index in [9.17, 15) is 0 Å². The first kappa shape index (κ1) is 12.5. The molecule has 0 fully saturated rings. The Morgan fingerprint density at radius 1 is 1.08 bits per heavy atom. The summed E-state index contributed by atoms with van der Waals surface area (Å²) in [6.07, 6.45) is 8.07. The number of rotatable bonds is 7. The summed E-state index contributed by atoms with van der Waals surface area (Å²) in [5.41, 5.74) is 0. The van der Waals surface area contributed by atoms with Gasteiger partial charge in [-0.1, -0.05) is 39.5 Å². The summed E-state index contributed by atoms with van der Waals surface area (Å²) in [6, 6.07) is 0. The SMILES string of the molecule is CCCCC([SiH3])(CCl)CCCC. The molecule has 0 nitrogen and oxygen atoms in total. The fourth-order valence-electron chi connectivity index (χ4n) is 1.47. The van der Waals surface area contributed by atoms with Crippen LogP contribution in [0.2, 0.25) is 5.04 Å². The summed E-state index contributed by atoms with van der Waals surface area (Å²) < 4.78 is 0. The van der Waals surface area contributed by atoms with Gasteiger partial charge in [0.2, 0.25) is 0 Å². The van der Waals surface area contributed by atoms with Crippen LogP contribution in [0.3, 0.4) is 0 Å². The number of halogens is 1. The highest BCUT2D eigenvalue weighted by Gasteiger charge is 2.21. The lowest BCUT2D eigenvalue weighted by Crippen LogP contribution is -2.14. The van der Waals surface area contributed by atoms with Gasteiger partial charge in [-0.25, -0.2) is 0 Å². The van der Waals surface area contributed by atoms with Crippen LogP contribution in [0, 0.1) is 0 Å². The van der Waals surface area contributed by atoms with Crippen molar-refractivity contribution >= 4 is 21.8 Å². The van der Waals surface area contributed by atoms with Crippen LogP contribution in [0.25, 0.3) is 0 Å². The van der Waals surface area contributed by atoms with Crippen molar-refractivity contribution in [2.24, 2.45) is 0 Å². The van der Waals surface area contributed by atoms with Crippen LogP contribution in [0.15, 0.2) is 0 Å². The third-order valence-corrected chi connectivity index (χ3v) is 5.04. The number of hydrogen-bond donors (Lipinski definition) is 0. The first-order chi connectivity index (χ1) is 5.68. The Morgan fingerprint density at radius 3 is 1.75 bits per heavy atom. The number of alkyl halides is 1. The third kappa shape index (κ3) is 5.21. The lowest BCUT2D eigenvalue weighted by Gasteiger charge is -2.26. The van der Waals surface area contributed by atoms with Gasteiger partial charge in [-0.15, -0.1) is 11.6 Å². The minimum absolute atomic E-state index is 0.549. The average molecular weight is 207 g/mol. The zero-order chi connectivity index (χ0) is 9.45. The fourth-order valence-corrected chi connectivity index (χ4v) is 2.44. The molecule has 74 valence electrons. The Bertz CT molecular complexity index is 96.0. The van der Waals surface area contributed by atoms with E-state index in [1.807, 2.05) is 0 Å². The molecule has 0 unspecified atom stereocenters. The smallest absolute Gasteiger partial charge is 0.0247 e. The Morgan fingerprint density at radius 2 is 1.50 bits per heavy atom. The maximum absolute atomic E-state index is 6.01. The van der Waals surface area contributed by atoms with Crippen molar-refractivity contribution in [1.82, 2.24) is 0 Å². The summed E-state index contributed by atoms with van der Waals surface area (Å²) in [4.78, 5) is 0. The molecule has 0 N–H and O–H groups in total. The molecule has 0 saturated carbocycles. The summed E-state index contributed by atoms with van der Waals surface area (Å²) in [6.45, 7) is 4.52. The molecule has 0 atom stereocenters. The Balaban J connectivity index is 3.70. The highest BCUT2D eigenvalue weighted by Crippen LogP contribution is 2.35. The molecule has 0 aromatic rings. The van der Waals surface area contributed by atoms with Gasteiger partial charge in [0.1, 0.15) is 0 Å². The van der Waals surface area contributed by atoms with Crippen LogP contribution in [0.1, 0.15) is 52.4 Å². The normalized spacial score (nSPS) is 12.2. The second-order valence-corrected chi connectivity index (χ2v) is 6.54. The number of unbranched alkanes of at least 4 members (excludes halogenated alkanes) is 2. The fraction of sp³-hybridized carbons (Fsp3) is 1.00. The van der Waals surface area contributed by atoms with Crippen LogP contribution in [0.5, 0.6) is 0 Å². The van der Waals surface area contributed by atoms with Gasteiger partial charge in [-0.05, 0) is 17.9 Å². The lowest BCUT2D eigenvalue weighted by molar-refractivity contribution is 0.480. The van der Waals surface area contributed by atoms with Crippen LogP contribution in [-0.4, -0.2) is 16.1 Å². The standard InChI is InChI=1S/C10H23ClSi/c1-3-5-7-10(12,9-11)8-6-4-2/h3-9H2,1-2,12H3. The first-order valence-corrected chi connectivity index (χ1v) is 6.78. The number of hydrogen-bond acceptors (Lipinski definition) is 0. The molecule has 0 aliphatic carbocycles. The second-order valence-electron chi connectivity index (χ2n) is 4.15. The Labute approximate surface area is 85.5 Å². The average Bonchev–Trinajstić information content (AvgIpc) is 2.11. The van der Waals surface area contributed by atoms with E-state index in [1.165, 1.54) is 48.8 Å². The highest BCUT2D eigenvalue weighted by molar-refractivity contribution is 6.26. The van der Waals surface area contributed by atoms with Crippen molar-refractivity contribution in [3.8, 4) is 0 Å². The maximum atomic E-state index is 6.01. The highest BCUT2D eigenvalue weighted by atomic mass is 35.5. The van der Waals surface area contributed by atoms with E-state index in [-0.39, 0.29) is 0 Å². The van der Waals surface area contributed by atoms with Crippen molar-refractivity contribution in [3.05, 3.63) is 0 Å². The van der Waals surface area contributed by atoms with Crippen molar-refractivity contribution in [3.63, 3.8) is 0 Å². The van der Waals surface area contributed by atoms with E-state index in [4.69, 9.17) is 11.6 Å². The second kappa shape index (κ2) is 6.96. The first-order valence-electron chi connectivity index (χ1n) is 5.24. The minimum Gasteiger partial charge on any atom is -0.126 e. The summed E-state index contributed by atoms with van der Waals surface area (Å²) in [5, 5.41) is 0.549. The van der Waals surface area contributed by atoms with E-state index >= 15 is 0 Å². The van der Waals surface area contributed by atoms with E-state index < -0.39 is 0 Å². The molecule has 0 saturated heterocycles. The summed E-state index contributed by atoms with van der Waals surface area (Å²) in [7, 11) is 1.27. The zero-order valence-corrected chi connectivity index (χ0v) is 11.6. The van der Waals surface area contributed by atoms with Gasteiger partial charge in [-0.3, -0.25) is 0 Å². The molecule has 0 aromatic carbocycles. The van der Waals surface area contributed by atoms with E-state index in [2.05, 4.69) is 13.8 Å². The third-order valence-electron chi connectivity index (χ3n) is 2.59. The van der Waals surface area contributed by atoms with Crippen molar-refractivity contribution in [2.75, 3.05) is 5.88 Å². The molecular weight excluding hydrogens is 184 g/mol. The zero-order valence-electron chi connectivity index (χ0n) is 8.83. The molecule has 0 aliphatic heterocycles. The van der Waals surface area contributed by atoms with E-state index in [0.29, 0.717) is 5.04 Å². The largest absolute Gasteiger partial charge is 0.126 e. The van der Waals surface area contributed by atoms with Crippen molar-refractivity contribution in [2.45, 2.75) is 57.4 Å². The van der Waals surface area contributed by atoms with E-state index in [0.717, 1.165) is 5.88 Å². The van der Waals surface area contributed by atoms with Gasteiger partial charge in [0.25, 0.3) is 0 Å². The molecule has 0 aromatic heterocycles.